The topological polar surface area (TPSA) is 40.5 Å². The molecule has 1 heterocycles. The summed E-state index contributed by atoms with van der Waals surface area (Å²) in [6, 6.07) is 5.45. The molecule has 1 saturated heterocycles. The highest BCUT2D eigenvalue weighted by Crippen LogP contribution is 2.39. The summed E-state index contributed by atoms with van der Waals surface area (Å²) in [5, 5.41) is 9.14. The number of nitrogens with zero attached hydrogens (tertiary/aromatic N) is 1. The van der Waals surface area contributed by atoms with Crippen molar-refractivity contribution in [2.24, 2.45) is 17.8 Å². The number of likely N-dealkylation sites (tertiary alicyclic amines) is 1. The molecule has 2 fully saturated rings. The molecule has 1 aliphatic heterocycles. The van der Waals surface area contributed by atoms with Gasteiger partial charge in [-0.2, -0.15) is 13.2 Å². The Hall–Kier alpha value is -1.56. The van der Waals surface area contributed by atoms with Crippen LogP contribution in [-0.2, 0) is 11.0 Å². The first kappa shape index (κ1) is 26.7. The van der Waals surface area contributed by atoms with Gasteiger partial charge >= 0.3 is 12.1 Å². The van der Waals surface area contributed by atoms with Crippen molar-refractivity contribution in [2.75, 3.05) is 13.1 Å². The molecule has 0 radical (unpaired) electrons. The number of carbonyl (C=O) groups is 1. The molecule has 0 spiro atoms. The van der Waals surface area contributed by atoms with Crippen LogP contribution in [0.2, 0.25) is 0 Å². The number of hydrogen-bond acceptors (Lipinski definition) is 2. The van der Waals surface area contributed by atoms with Crippen LogP contribution in [0.25, 0.3) is 0 Å². The Morgan fingerprint density at radius 2 is 1.66 bits per heavy atom. The van der Waals surface area contributed by atoms with E-state index in [1.807, 2.05) is 0 Å². The maximum atomic E-state index is 12.9. The molecule has 6 heteroatoms. The van der Waals surface area contributed by atoms with Crippen LogP contribution in [0.5, 0.6) is 0 Å². The maximum absolute atomic E-state index is 12.9. The van der Waals surface area contributed by atoms with E-state index in [1.165, 1.54) is 38.5 Å². The first-order valence-electron chi connectivity index (χ1n) is 12.2. The Bertz CT molecular complexity index is 681. The second kappa shape index (κ2) is 12.6. The third kappa shape index (κ3) is 8.76. The second-order valence-electron chi connectivity index (χ2n) is 9.92. The van der Waals surface area contributed by atoms with Gasteiger partial charge in [0, 0.05) is 19.0 Å². The lowest BCUT2D eigenvalue weighted by molar-refractivity contribution is -0.139. The van der Waals surface area contributed by atoms with E-state index in [0.717, 1.165) is 43.1 Å². The van der Waals surface area contributed by atoms with Crippen molar-refractivity contribution < 1.29 is 23.1 Å². The average Bonchev–Trinajstić information content (AvgIpc) is 2.75. The van der Waals surface area contributed by atoms with Gasteiger partial charge in [0.1, 0.15) is 0 Å². The van der Waals surface area contributed by atoms with Crippen LogP contribution in [-0.4, -0.2) is 29.1 Å². The van der Waals surface area contributed by atoms with Crippen LogP contribution in [0.3, 0.4) is 0 Å². The van der Waals surface area contributed by atoms with Crippen molar-refractivity contribution in [1.29, 1.82) is 0 Å². The molecule has 2 unspecified atom stereocenters. The van der Waals surface area contributed by atoms with Crippen molar-refractivity contribution in [3.63, 3.8) is 0 Å². The fourth-order valence-corrected chi connectivity index (χ4v) is 4.68. The molecule has 1 aliphatic carbocycles. The molecule has 1 aromatic rings. The zero-order valence-corrected chi connectivity index (χ0v) is 19.8. The number of carboxylic acids is 1. The maximum Gasteiger partial charge on any atom is 0.416 e. The largest absolute Gasteiger partial charge is 0.481 e. The number of rotatable bonds is 6. The Balaban J connectivity index is 0.000000654. The average molecular weight is 456 g/mol. The highest BCUT2D eigenvalue weighted by molar-refractivity contribution is 5.67. The van der Waals surface area contributed by atoms with E-state index in [0.29, 0.717) is 12.3 Å². The minimum atomic E-state index is -4.33. The van der Waals surface area contributed by atoms with Gasteiger partial charge in [0.2, 0.25) is 0 Å². The molecule has 3 nitrogen and oxygen atoms in total. The van der Waals surface area contributed by atoms with Crippen molar-refractivity contribution in [1.82, 2.24) is 4.90 Å². The fraction of sp³-hybridized carbons (Fsp3) is 0.731. The summed E-state index contributed by atoms with van der Waals surface area (Å²) < 4.78 is 38.6. The predicted molar refractivity (Wildman–Crippen MR) is 122 cm³/mol. The third-order valence-corrected chi connectivity index (χ3v) is 6.94. The number of hydrogen-bond donors (Lipinski definition) is 1. The Morgan fingerprint density at radius 1 is 1.06 bits per heavy atom. The molecule has 2 atom stereocenters. The molecule has 32 heavy (non-hydrogen) atoms. The SMILES string of the molecule is CCC(C)C.O=C(O)CC1CCN(CC2CCCCC2)C(c2ccc(C(F)(F)F)cc2)C1. The summed E-state index contributed by atoms with van der Waals surface area (Å²) in [6.45, 7) is 8.43. The van der Waals surface area contributed by atoms with Crippen molar-refractivity contribution in [3.05, 3.63) is 35.4 Å². The summed E-state index contributed by atoms with van der Waals surface area (Å²) in [6.07, 6.45) is 4.88. The van der Waals surface area contributed by atoms with Gasteiger partial charge in [0.05, 0.1) is 5.56 Å². The van der Waals surface area contributed by atoms with E-state index in [1.54, 1.807) is 12.1 Å². The number of halogens is 3. The monoisotopic (exact) mass is 455 g/mol. The van der Waals surface area contributed by atoms with Crippen LogP contribution < -0.4 is 0 Å². The molecule has 1 aromatic carbocycles. The fourth-order valence-electron chi connectivity index (χ4n) is 4.68. The quantitative estimate of drug-likeness (QED) is 0.481. The van der Waals surface area contributed by atoms with Gasteiger partial charge in [0.15, 0.2) is 0 Å². The summed E-state index contributed by atoms with van der Waals surface area (Å²) in [5.41, 5.74) is 0.233. The van der Waals surface area contributed by atoms with Crippen LogP contribution in [0.15, 0.2) is 24.3 Å². The molecule has 0 aromatic heterocycles. The minimum Gasteiger partial charge on any atom is -0.481 e. The molecule has 3 rings (SSSR count). The highest BCUT2D eigenvalue weighted by atomic mass is 19.4. The number of piperidine rings is 1. The minimum absolute atomic E-state index is 0.00677. The normalized spacial score (nSPS) is 23.0. The summed E-state index contributed by atoms with van der Waals surface area (Å²) in [4.78, 5) is 13.5. The zero-order valence-electron chi connectivity index (χ0n) is 19.8. The summed E-state index contributed by atoms with van der Waals surface area (Å²) >= 11 is 0. The molecule has 0 bridgehead atoms. The van der Waals surface area contributed by atoms with Crippen molar-refractivity contribution >= 4 is 5.97 Å². The van der Waals surface area contributed by atoms with Gasteiger partial charge < -0.3 is 5.11 Å². The van der Waals surface area contributed by atoms with Gasteiger partial charge in [-0.15, -0.1) is 0 Å². The molecule has 182 valence electrons. The standard InChI is InChI=1S/C21H28F3NO2.C5H12/c22-21(23,24)18-8-6-17(7-9-18)19-12-16(13-20(26)27)10-11-25(19)14-15-4-2-1-3-5-15;1-4-5(2)3/h6-9,15-16,19H,1-5,10-14H2,(H,26,27);5H,4H2,1-3H3. The highest BCUT2D eigenvalue weighted by Gasteiger charge is 2.34. The third-order valence-electron chi connectivity index (χ3n) is 6.94. The predicted octanol–water partition coefficient (Wildman–Crippen LogP) is 7.57. The number of aliphatic carboxylic acids is 1. The van der Waals surface area contributed by atoms with E-state index < -0.39 is 17.7 Å². The van der Waals surface area contributed by atoms with E-state index in [4.69, 9.17) is 5.11 Å². The summed E-state index contributed by atoms with van der Waals surface area (Å²) in [7, 11) is 0. The Labute approximate surface area is 191 Å². The van der Waals surface area contributed by atoms with Gasteiger partial charge in [0.25, 0.3) is 0 Å². The van der Waals surface area contributed by atoms with Crippen LogP contribution >= 0.6 is 0 Å². The van der Waals surface area contributed by atoms with E-state index in [2.05, 4.69) is 25.7 Å². The van der Waals surface area contributed by atoms with E-state index >= 15 is 0 Å². The van der Waals surface area contributed by atoms with Gasteiger partial charge in [-0.3, -0.25) is 9.69 Å². The second-order valence-corrected chi connectivity index (χ2v) is 9.92. The first-order valence-corrected chi connectivity index (χ1v) is 12.2. The van der Waals surface area contributed by atoms with Gasteiger partial charge in [-0.25, -0.2) is 0 Å². The zero-order chi connectivity index (χ0) is 23.7. The number of carboxylic acid groups (broad SMARTS) is 1. The lowest BCUT2D eigenvalue weighted by atomic mass is 9.83. The van der Waals surface area contributed by atoms with Crippen molar-refractivity contribution in [3.8, 4) is 0 Å². The molecule has 2 aliphatic rings. The smallest absolute Gasteiger partial charge is 0.416 e. The molecule has 1 N–H and O–H groups in total. The lowest BCUT2D eigenvalue weighted by Crippen LogP contribution is -2.40. The van der Waals surface area contributed by atoms with Gasteiger partial charge in [-0.05, 0) is 67.7 Å². The number of benzene rings is 1. The molecular formula is C26H40F3NO2. The van der Waals surface area contributed by atoms with Crippen LogP contribution in [0, 0.1) is 17.8 Å². The van der Waals surface area contributed by atoms with Crippen LogP contribution in [0.4, 0.5) is 13.2 Å². The molecular weight excluding hydrogens is 415 g/mol. The Morgan fingerprint density at radius 3 is 2.16 bits per heavy atom. The van der Waals surface area contributed by atoms with Crippen molar-refractivity contribution in [2.45, 2.75) is 90.8 Å². The Kier molecular flexibility index (Phi) is 10.5. The lowest BCUT2D eigenvalue weighted by Gasteiger charge is -2.42. The molecule has 0 amide bonds. The van der Waals surface area contributed by atoms with Gasteiger partial charge in [-0.1, -0.05) is 58.6 Å². The van der Waals surface area contributed by atoms with E-state index in [-0.39, 0.29) is 18.4 Å². The molecule has 1 saturated carbocycles. The van der Waals surface area contributed by atoms with E-state index in [9.17, 15) is 18.0 Å². The number of alkyl halides is 3. The summed E-state index contributed by atoms with van der Waals surface area (Å²) in [5.74, 6) is 0.811. The van der Waals surface area contributed by atoms with Crippen LogP contribution in [0.1, 0.15) is 95.7 Å². The first-order chi connectivity index (χ1) is 15.1.